The summed E-state index contributed by atoms with van der Waals surface area (Å²) in [5, 5.41) is 3.39. The lowest BCUT2D eigenvalue weighted by atomic mass is 9.98. The molecule has 27 heavy (non-hydrogen) atoms. The van der Waals surface area contributed by atoms with Gasteiger partial charge in [-0.1, -0.05) is 18.2 Å². The summed E-state index contributed by atoms with van der Waals surface area (Å²) in [7, 11) is 3.27. The van der Waals surface area contributed by atoms with E-state index in [9.17, 15) is 4.79 Å². The van der Waals surface area contributed by atoms with Gasteiger partial charge >= 0.3 is 0 Å². The molecular weight excluding hydrogens is 338 g/mol. The van der Waals surface area contributed by atoms with Gasteiger partial charge in [-0.25, -0.2) is 0 Å². The number of benzene rings is 3. The average molecular weight is 359 g/mol. The molecule has 1 aliphatic carbocycles. The minimum absolute atomic E-state index is 0.0558. The molecule has 0 heterocycles. The number of para-hydroxylation sites is 2. The highest BCUT2D eigenvalue weighted by Crippen LogP contribution is 2.31. The van der Waals surface area contributed by atoms with Crippen molar-refractivity contribution in [2.24, 2.45) is 0 Å². The number of rotatable bonds is 4. The Balaban J connectivity index is 1.68. The molecule has 0 radical (unpaired) electrons. The van der Waals surface area contributed by atoms with Gasteiger partial charge in [0.2, 0.25) is 0 Å². The SMILES string of the molecule is COc1ccc2c(c1)C(=O)c1ccc(Nc3ccccc3OC)cc1CC2. The van der Waals surface area contributed by atoms with Crippen LogP contribution in [0.4, 0.5) is 11.4 Å². The van der Waals surface area contributed by atoms with E-state index in [1.807, 2.05) is 54.6 Å². The zero-order valence-electron chi connectivity index (χ0n) is 15.4. The van der Waals surface area contributed by atoms with Gasteiger partial charge in [0.1, 0.15) is 11.5 Å². The van der Waals surface area contributed by atoms with Crippen LogP contribution in [0.3, 0.4) is 0 Å². The lowest BCUT2D eigenvalue weighted by molar-refractivity contribution is 0.103. The fourth-order valence-electron chi connectivity index (χ4n) is 3.53. The van der Waals surface area contributed by atoms with Crippen LogP contribution in [0.25, 0.3) is 0 Å². The fraction of sp³-hybridized carbons (Fsp3) is 0.174. The molecule has 4 heteroatoms. The Labute approximate surface area is 158 Å². The molecule has 3 aromatic carbocycles. The summed E-state index contributed by atoms with van der Waals surface area (Å²) in [5.74, 6) is 1.54. The molecule has 0 unspecified atom stereocenters. The van der Waals surface area contributed by atoms with Gasteiger partial charge in [0.15, 0.2) is 5.78 Å². The van der Waals surface area contributed by atoms with Crippen molar-refractivity contribution in [1.82, 2.24) is 0 Å². The Morgan fingerprint density at radius 3 is 2.44 bits per heavy atom. The van der Waals surface area contributed by atoms with Crippen molar-refractivity contribution in [3.8, 4) is 11.5 Å². The van der Waals surface area contributed by atoms with E-state index < -0.39 is 0 Å². The third kappa shape index (κ3) is 3.26. The molecule has 4 rings (SSSR count). The van der Waals surface area contributed by atoms with E-state index in [0.29, 0.717) is 5.75 Å². The van der Waals surface area contributed by atoms with Crippen LogP contribution < -0.4 is 14.8 Å². The van der Waals surface area contributed by atoms with E-state index >= 15 is 0 Å². The first kappa shape index (κ1) is 17.2. The average Bonchev–Trinajstić information content (AvgIpc) is 2.85. The maximum Gasteiger partial charge on any atom is 0.193 e. The van der Waals surface area contributed by atoms with Gasteiger partial charge in [-0.2, -0.15) is 0 Å². The number of hydrogen-bond donors (Lipinski definition) is 1. The van der Waals surface area contributed by atoms with Crippen molar-refractivity contribution in [2.45, 2.75) is 12.8 Å². The summed E-state index contributed by atoms with van der Waals surface area (Å²) in [5.41, 5.74) is 5.44. The van der Waals surface area contributed by atoms with Gasteiger partial charge in [-0.05, 0) is 66.4 Å². The van der Waals surface area contributed by atoms with Crippen LogP contribution in [0, 0.1) is 0 Å². The second-order valence-corrected chi connectivity index (χ2v) is 6.55. The van der Waals surface area contributed by atoms with E-state index in [2.05, 4.69) is 11.4 Å². The first-order valence-electron chi connectivity index (χ1n) is 8.94. The summed E-state index contributed by atoms with van der Waals surface area (Å²) in [6.07, 6.45) is 1.65. The summed E-state index contributed by atoms with van der Waals surface area (Å²) >= 11 is 0. The molecule has 0 fully saturated rings. The molecule has 0 spiro atoms. The first-order valence-corrected chi connectivity index (χ1v) is 8.94. The quantitative estimate of drug-likeness (QED) is 0.728. The standard InChI is InChI=1S/C23H21NO3/c1-26-18-11-9-15-7-8-16-13-17(10-12-19(16)23(25)20(15)14-18)24-21-5-3-4-6-22(21)27-2/h3-6,9-14,24H,7-8H2,1-2H3. The van der Waals surface area contributed by atoms with Crippen LogP contribution in [0.1, 0.15) is 27.0 Å². The molecule has 0 aliphatic heterocycles. The molecule has 1 aliphatic rings. The first-order chi connectivity index (χ1) is 13.2. The molecule has 0 saturated heterocycles. The zero-order valence-corrected chi connectivity index (χ0v) is 15.4. The molecule has 4 nitrogen and oxygen atoms in total. The molecule has 136 valence electrons. The predicted octanol–water partition coefficient (Wildman–Crippen LogP) is 4.78. The Morgan fingerprint density at radius 1 is 0.815 bits per heavy atom. The van der Waals surface area contributed by atoms with Crippen molar-refractivity contribution in [3.63, 3.8) is 0 Å². The van der Waals surface area contributed by atoms with Crippen LogP contribution in [0.5, 0.6) is 11.5 Å². The smallest absolute Gasteiger partial charge is 0.193 e. The number of carbonyl (C=O) groups excluding carboxylic acids is 1. The highest BCUT2D eigenvalue weighted by Gasteiger charge is 2.22. The van der Waals surface area contributed by atoms with Gasteiger partial charge in [0, 0.05) is 16.8 Å². The van der Waals surface area contributed by atoms with Crippen LogP contribution in [0.15, 0.2) is 60.7 Å². The number of nitrogens with one attached hydrogen (secondary N) is 1. The topological polar surface area (TPSA) is 47.6 Å². The maximum atomic E-state index is 13.1. The summed E-state index contributed by atoms with van der Waals surface area (Å²) in [4.78, 5) is 13.1. The molecule has 3 aromatic rings. The van der Waals surface area contributed by atoms with Crippen LogP contribution in [-0.2, 0) is 12.8 Å². The van der Waals surface area contributed by atoms with Crippen molar-refractivity contribution in [1.29, 1.82) is 0 Å². The fourth-order valence-corrected chi connectivity index (χ4v) is 3.53. The number of hydrogen-bond acceptors (Lipinski definition) is 4. The third-order valence-corrected chi connectivity index (χ3v) is 4.96. The number of aryl methyl sites for hydroxylation is 2. The Kier molecular flexibility index (Phi) is 4.55. The number of ether oxygens (including phenoxy) is 2. The monoisotopic (exact) mass is 359 g/mol. The Hall–Kier alpha value is -3.27. The predicted molar refractivity (Wildman–Crippen MR) is 107 cm³/mol. The summed E-state index contributed by atoms with van der Waals surface area (Å²) < 4.78 is 10.7. The second kappa shape index (κ2) is 7.16. The zero-order chi connectivity index (χ0) is 18.8. The van der Waals surface area contributed by atoms with Gasteiger partial charge in [0.25, 0.3) is 0 Å². The van der Waals surface area contributed by atoms with Gasteiger partial charge in [0.05, 0.1) is 19.9 Å². The lowest BCUT2D eigenvalue weighted by Crippen LogP contribution is -2.05. The Bertz CT molecular complexity index is 1010. The number of fused-ring (bicyclic) bond motifs is 2. The van der Waals surface area contributed by atoms with Crippen LogP contribution >= 0.6 is 0 Å². The third-order valence-electron chi connectivity index (χ3n) is 4.96. The molecule has 0 bridgehead atoms. The van der Waals surface area contributed by atoms with Crippen LogP contribution in [0.2, 0.25) is 0 Å². The van der Waals surface area contributed by atoms with E-state index in [-0.39, 0.29) is 5.78 Å². The lowest BCUT2D eigenvalue weighted by Gasteiger charge is -2.13. The highest BCUT2D eigenvalue weighted by atomic mass is 16.5. The van der Waals surface area contributed by atoms with E-state index in [4.69, 9.17) is 9.47 Å². The normalized spacial score (nSPS) is 12.6. The van der Waals surface area contributed by atoms with E-state index in [0.717, 1.165) is 52.2 Å². The molecule has 0 aromatic heterocycles. The molecular formula is C23H21NO3. The van der Waals surface area contributed by atoms with Crippen molar-refractivity contribution in [2.75, 3.05) is 19.5 Å². The summed E-state index contributed by atoms with van der Waals surface area (Å²) in [6, 6.07) is 19.4. The van der Waals surface area contributed by atoms with E-state index in [1.165, 1.54) is 0 Å². The van der Waals surface area contributed by atoms with E-state index in [1.54, 1.807) is 14.2 Å². The minimum Gasteiger partial charge on any atom is -0.497 e. The maximum absolute atomic E-state index is 13.1. The number of anilines is 2. The highest BCUT2D eigenvalue weighted by molar-refractivity contribution is 6.11. The largest absolute Gasteiger partial charge is 0.497 e. The van der Waals surface area contributed by atoms with Crippen molar-refractivity contribution in [3.05, 3.63) is 82.9 Å². The van der Waals surface area contributed by atoms with Crippen LogP contribution in [-0.4, -0.2) is 20.0 Å². The molecule has 1 N–H and O–H groups in total. The molecule has 0 saturated carbocycles. The van der Waals surface area contributed by atoms with Gasteiger partial charge < -0.3 is 14.8 Å². The summed E-state index contributed by atoms with van der Waals surface area (Å²) in [6.45, 7) is 0. The number of ketones is 1. The number of carbonyl (C=O) groups is 1. The Morgan fingerprint density at radius 2 is 1.63 bits per heavy atom. The number of methoxy groups -OCH3 is 2. The van der Waals surface area contributed by atoms with Gasteiger partial charge in [-0.15, -0.1) is 0 Å². The molecule has 0 amide bonds. The van der Waals surface area contributed by atoms with Crippen molar-refractivity contribution >= 4 is 17.2 Å². The minimum atomic E-state index is 0.0558. The van der Waals surface area contributed by atoms with Gasteiger partial charge in [-0.3, -0.25) is 4.79 Å². The second-order valence-electron chi connectivity index (χ2n) is 6.55. The molecule has 0 atom stereocenters. The van der Waals surface area contributed by atoms with Crippen molar-refractivity contribution < 1.29 is 14.3 Å².